The molecule has 3 N–H and O–H groups in total. The average molecular weight is 561 g/mol. The minimum atomic E-state index is -0.409. The SMILES string of the molecule is CN(CCCC(=O)NC1=NCC2NCN([C@H]3CC[C@@H](CO)O3)C2=N1)C(=O)OCC1c2ccccc2-c2ccccc21. The van der Waals surface area contributed by atoms with Crippen LogP contribution >= 0.6 is 0 Å². The van der Waals surface area contributed by atoms with Gasteiger partial charge in [-0.25, -0.2) is 9.79 Å². The van der Waals surface area contributed by atoms with E-state index in [-0.39, 0.29) is 55.8 Å². The Morgan fingerprint density at radius 3 is 2.59 bits per heavy atom. The van der Waals surface area contributed by atoms with Crippen molar-refractivity contribution >= 4 is 23.8 Å². The molecule has 0 saturated carbocycles. The Labute approximate surface area is 239 Å². The highest BCUT2D eigenvalue weighted by molar-refractivity contribution is 6.06. The summed E-state index contributed by atoms with van der Waals surface area (Å²) in [6, 6.07) is 16.5. The van der Waals surface area contributed by atoms with Crippen molar-refractivity contribution in [2.24, 2.45) is 9.98 Å². The van der Waals surface area contributed by atoms with Crippen molar-refractivity contribution in [1.82, 2.24) is 20.4 Å². The third-order valence-electron chi connectivity index (χ3n) is 8.19. The standard InChI is InChI=1S/C30H36N6O5/c1-35(30(39)40-17-24-22-9-4-2-7-20(22)21-8-3-5-10-23(21)24)14-6-11-26(38)33-29-31-15-25-28(34-29)36(18-32-25)27-13-12-19(16-37)41-27/h2-5,7-10,19,24-25,27,32,37H,6,11-18H2,1H3,(H,31,33,38)/t19-,25?,27+/m0/s1. The lowest BCUT2D eigenvalue weighted by molar-refractivity contribution is -0.119. The van der Waals surface area contributed by atoms with E-state index in [2.05, 4.69) is 44.9 Å². The summed E-state index contributed by atoms with van der Waals surface area (Å²) in [5, 5.41) is 15.6. The van der Waals surface area contributed by atoms with Crippen LogP contribution in [0, 0.1) is 0 Å². The van der Waals surface area contributed by atoms with Crippen molar-refractivity contribution in [3.63, 3.8) is 0 Å². The van der Waals surface area contributed by atoms with Gasteiger partial charge < -0.3 is 24.4 Å². The molecule has 0 bridgehead atoms. The third-order valence-corrected chi connectivity index (χ3v) is 8.19. The molecule has 11 nitrogen and oxygen atoms in total. The number of nitrogens with one attached hydrogen (secondary N) is 2. The molecule has 0 aromatic heterocycles. The molecule has 3 heterocycles. The van der Waals surface area contributed by atoms with Gasteiger partial charge in [0.05, 0.1) is 32.0 Å². The average Bonchev–Trinajstić information content (AvgIpc) is 3.71. The fourth-order valence-corrected chi connectivity index (χ4v) is 6.02. The van der Waals surface area contributed by atoms with Crippen LogP contribution in [0.3, 0.4) is 0 Å². The molecular formula is C30H36N6O5. The van der Waals surface area contributed by atoms with E-state index in [9.17, 15) is 14.7 Å². The highest BCUT2D eigenvalue weighted by atomic mass is 16.6. The van der Waals surface area contributed by atoms with Crippen molar-refractivity contribution in [2.75, 3.05) is 40.0 Å². The lowest BCUT2D eigenvalue weighted by Crippen LogP contribution is -2.44. The number of nitrogens with zero attached hydrogens (tertiary/aromatic N) is 4. The molecule has 2 aromatic carbocycles. The monoisotopic (exact) mass is 560 g/mol. The molecule has 6 rings (SSSR count). The number of carbonyl (C=O) groups is 2. The second-order valence-corrected chi connectivity index (χ2v) is 10.9. The minimum absolute atomic E-state index is 0.00495. The van der Waals surface area contributed by atoms with Gasteiger partial charge >= 0.3 is 6.09 Å². The summed E-state index contributed by atoms with van der Waals surface area (Å²) in [7, 11) is 1.68. The highest BCUT2D eigenvalue weighted by Crippen LogP contribution is 2.44. The fraction of sp³-hybridized carbons (Fsp3) is 0.467. The predicted molar refractivity (Wildman–Crippen MR) is 153 cm³/mol. The normalized spacial score (nSPS) is 22.9. The zero-order valence-corrected chi connectivity index (χ0v) is 23.2. The van der Waals surface area contributed by atoms with E-state index in [1.165, 1.54) is 27.2 Å². The van der Waals surface area contributed by atoms with E-state index in [1.54, 1.807) is 7.05 Å². The first-order valence-corrected chi connectivity index (χ1v) is 14.3. The van der Waals surface area contributed by atoms with E-state index in [4.69, 9.17) is 9.47 Å². The first-order valence-electron chi connectivity index (χ1n) is 14.3. The molecule has 0 radical (unpaired) electrons. The second-order valence-electron chi connectivity index (χ2n) is 10.9. The van der Waals surface area contributed by atoms with E-state index in [1.807, 2.05) is 29.2 Å². The molecule has 4 aliphatic rings. The van der Waals surface area contributed by atoms with Gasteiger partial charge in [0.15, 0.2) is 0 Å². The molecule has 1 aliphatic carbocycles. The van der Waals surface area contributed by atoms with Crippen LogP contribution in [-0.2, 0) is 14.3 Å². The van der Waals surface area contributed by atoms with Crippen molar-refractivity contribution in [3.8, 4) is 11.1 Å². The lowest BCUT2D eigenvalue weighted by atomic mass is 9.98. The zero-order chi connectivity index (χ0) is 28.3. The van der Waals surface area contributed by atoms with Crippen LogP contribution in [0.4, 0.5) is 4.79 Å². The molecule has 3 atom stereocenters. The Morgan fingerprint density at radius 1 is 1.15 bits per heavy atom. The number of carbonyl (C=O) groups excluding carboxylic acids is 2. The molecule has 216 valence electrons. The van der Waals surface area contributed by atoms with E-state index >= 15 is 0 Å². The maximum atomic E-state index is 12.7. The predicted octanol–water partition coefficient (Wildman–Crippen LogP) is 2.26. The minimum Gasteiger partial charge on any atom is -0.448 e. The quantitative estimate of drug-likeness (QED) is 0.452. The van der Waals surface area contributed by atoms with Gasteiger partial charge in [-0.1, -0.05) is 48.5 Å². The van der Waals surface area contributed by atoms with Gasteiger partial charge in [-0.2, -0.15) is 4.99 Å². The first kappa shape index (κ1) is 27.4. The number of hydrogen-bond acceptors (Lipinski definition) is 9. The van der Waals surface area contributed by atoms with E-state index in [0.717, 1.165) is 18.7 Å². The molecule has 3 aliphatic heterocycles. The number of rotatable bonds is 8. The molecule has 41 heavy (non-hydrogen) atoms. The smallest absolute Gasteiger partial charge is 0.409 e. The maximum Gasteiger partial charge on any atom is 0.409 e. The summed E-state index contributed by atoms with van der Waals surface area (Å²) in [5.41, 5.74) is 4.71. The van der Waals surface area contributed by atoms with E-state index < -0.39 is 6.09 Å². The van der Waals surface area contributed by atoms with Gasteiger partial charge in [0.25, 0.3) is 0 Å². The number of benzene rings is 2. The lowest BCUT2D eigenvalue weighted by Gasteiger charge is -2.27. The molecule has 1 unspecified atom stereocenters. The third kappa shape index (κ3) is 5.70. The summed E-state index contributed by atoms with van der Waals surface area (Å²) >= 11 is 0. The van der Waals surface area contributed by atoms with Gasteiger partial charge in [0, 0.05) is 25.9 Å². The molecule has 11 heteroatoms. The highest BCUT2D eigenvalue weighted by Gasteiger charge is 2.39. The largest absolute Gasteiger partial charge is 0.448 e. The number of ether oxygens (including phenoxy) is 2. The zero-order valence-electron chi connectivity index (χ0n) is 23.2. The summed E-state index contributed by atoms with van der Waals surface area (Å²) < 4.78 is 11.6. The number of hydrogen-bond donors (Lipinski definition) is 3. The Bertz CT molecular complexity index is 1320. The van der Waals surface area contributed by atoms with Crippen LogP contribution in [0.15, 0.2) is 58.5 Å². The summed E-state index contributed by atoms with van der Waals surface area (Å²) in [5.74, 6) is 0.887. The van der Waals surface area contributed by atoms with Crippen molar-refractivity contribution < 1.29 is 24.2 Å². The summed E-state index contributed by atoms with van der Waals surface area (Å²) in [6.45, 7) is 1.72. The molecule has 2 aromatic rings. The van der Waals surface area contributed by atoms with Crippen LogP contribution in [0.25, 0.3) is 11.1 Å². The van der Waals surface area contributed by atoms with Crippen molar-refractivity contribution in [1.29, 1.82) is 0 Å². The fourth-order valence-electron chi connectivity index (χ4n) is 6.02. The van der Waals surface area contributed by atoms with Crippen LogP contribution in [0.2, 0.25) is 0 Å². The van der Waals surface area contributed by atoms with Gasteiger partial charge in [-0.05, 0) is 41.5 Å². The summed E-state index contributed by atoms with van der Waals surface area (Å²) in [4.78, 5) is 37.9. The topological polar surface area (TPSA) is 128 Å². The van der Waals surface area contributed by atoms with Crippen LogP contribution < -0.4 is 10.6 Å². The number of aliphatic hydroxyl groups excluding tert-OH is 1. The Hall–Kier alpha value is -3.80. The number of fused-ring (bicyclic) bond motifs is 4. The van der Waals surface area contributed by atoms with Crippen LogP contribution in [0.1, 0.15) is 42.7 Å². The Kier molecular flexibility index (Phi) is 8.00. The molecule has 2 saturated heterocycles. The Balaban J connectivity index is 0.957. The second kappa shape index (κ2) is 12.0. The number of aliphatic hydroxyl groups is 1. The van der Waals surface area contributed by atoms with Gasteiger partial charge in [-0.3, -0.25) is 15.4 Å². The van der Waals surface area contributed by atoms with Gasteiger partial charge in [0.2, 0.25) is 11.9 Å². The number of amidine groups is 1. The number of aliphatic imine (C=N–C) groups is 2. The van der Waals surface area contributed by atoms with Gasteiger partial charge in [0.1, 0.15) is 18.7 Å². The van der Waals surface area contributed by atoms with Crippen LogP contribution in [-0.4, -0.2) is 97.1 Å². The Morgan fingerprint density at radius 2 is 1.88 bits per heavy atom. The van der Waals surface area contributed by atoms with Crippen molar-refractivity contribution in [2.45, 2.75) is 50.0 Å². The molecule has 2 amide bonds. The van der Waals surface area contributed by atoms with Crippen molar-refractivity contribution in [3.05, 3.63) is 59.7 Å². The molecule has 0 spiro atoms. The number of amides is 2. The van der Waals surface area contributed by atoms with E-state index in [0.29, 0.717) is 26.2 Å². The maximum absolute atomic E-state index is 12.7. The summed E-state index contributed by atoms with van der Waals surface area (Å²) in [6.07, 6.45) is 1.61. The van der Waals surface area contributed by atoms with Crippen LogP contribution in [0.5, 0.6) is 0 Å². The molecule has 2 fully saturated rings. The van der Waals surface area contributed by atoms with Gasteiger partial charge in [-0.15, -0.1) is 0 Å². The molecular weight excluding hydrogens is 524 g/mol. The first-order chi connectivity index (χ1) is 20.0. The number of guanidine groups is 1.